The number of aromatic nitrogens is 2. The molecule has 19 heavy (non-hydrogen) atoms. The highest BCUT2D eigenvalue weighted by atomic mass is 16.2. The van der Waals surface area contributed by atoms with Crippen LogP contribution < -0.4 is 0 Å². The fourth-order valence-electron chi connectivity index (χ4n) is 2.27. The molecule has 0 unspecified atom stereocenters. The van der Waals surface area contributed by atoms with Crippen LogP contribution in [0.5, 0.6) is 0 Å². The molecule has 96 valence electrons. The molecule has 0 saturated carbocycles. The maximum atomic E-state index is 12.1. The van der Waals surface area contributed by atoms with Crippen molar-refractivity contribution in [3.8, 4) is 0 Å². The highest BCUT2D eigenvalue weighted by molar-refractivity contribution is 6.21. The first-order chi connectivity index (χ1) is 9.27. The van der Waals surface area contributed by atoms with Gasteiger partial charge in [0.15, 0.2) is 0 Å². The number of nitrogens with zero attached hydrogens (tertiary/aromatic N) is 3. The monoisotopic (exact) mass is 255 g/mol. The van der Waals surface area contributed by atoms with Gasteiger partial charge in [0.25, 0.3) is 11.8 Å². The van der Waals surface area contributed by atoms with E-state index in [9.17, 15) is 9.59 Å². The van der Waals surface area contributed by atoms with Crippen LogP contribution in [-0.4, -0.2) is 33.0 Å². The van der Waals surface area contributed by atoms with Crippen LogP contribution in [0.2, 0.25) is 0 Å². The fourth-order valence-corrected chi connectivity index (χ4v) is 2.27. The zero-order valence-electron chi connectivity index (χ0n) is 10.3. The first-order valence-electron chi connectivity index (χ1n) is 6.20. The third kappa shape index (κ3) is 2.03. The van der Waals surface area contributed by atoms with E-state index in [1.807, 2.05) is 12.3 Å². The van der Waals surface area contributed by atoms with E-state index >= 15 is 0 Å². The molecule has 5 nitrogen and oxygen atoms in total. The SMILES string of the molecule is O=C1c2ccccc2C(=O)N1CCCn1cccn1. The second kappa shape index (κ2) is 4.68. The lowest BCUT2D eigenvalue weighted by Crippen LogP contribution is -2.31. The summed E-state index contributed by atoms with van der Waals surface area (Å²) >= 11 is 0. The van der Waals surface area contributed by atoms with Gasteiger partial charge >= 0.3 is 0 Å². The van der Waals surface area contributed by atoms with Gasteiger partial charge in [-0.25, -0.2) is 0 Å². The second-order valence-electron chi connectivity index (χ2n) is 4.43. The van der Waals surface area contributed by atoms with Gasteiger partial charge in [-0.2, -0.15) is 5.10 Å². The van der Waals surface area contributed by atoms with Gasteiger partial charge in [-0.15, -0.1) is 0 Å². The van der Waals surface area contributed by atoms with Crippen LogP contribution in [0.25, 0.3) is 0 Å². The Morgan fingerprint density at radius 2 is 1.63 bits per heavy atom. The molecule has 2 aromatic rings. The molecule has 0 atom stereocenters. The highest BCUT2D eigenvalue weighted by Gasteiger charge is 2.34. The van der Waals surface area contributed by atoms with E-state index in [1.54, 1.807) is 35.1 Å². The number of hydrogen-bond donors (Lipinski definition) is 0. The van der Waals surface area contributed by atoms with Gasteiger partial charge in [0.2, 0.25) is 0 Å². The van der Waals surface area contributed by atoms with Crippen molar-refractivity contribution in [2.45, 2.75) is 13.0 Å². The highest BCUT2D eigenvalue weighted by Crippen LogP contribution is 2.22. The average Bonchev–Trinajstić information content (AvgIpc) is 3.02. The molecule has 1 aliphatic heterocycles. The molecule has 5 heteroatoms. The van der Waals surface area contributed by atoms with Crippen LogP contribution in [0.15, 0.2) is 42.7 Å². The van der Waals surface area contributed by atoms with Crippen LogP contribution >= 0.6 is 0 Å². The van der Waals surface area contributed by atoms with E-state index in [0.29, 0.717) is 30.6 Å². The van der Waals surface area contributed by atoms with E-state index in [0.717, 1.165) is 0 Å². The Kier molecular flexibility index (Phi) is 2.87. The third-order valence-corrected chi connectivity index (χ3v) is 3.21. The maximum absolute atomic E-state index is 12.1. The second-order valence-corrected chi connectivity index (χ2v) is 4.43. The van der Waals surface area contributed by atoms with Crippen LogP contribution in [0.4, 0.5) is 0 Å². The molecule has 0 radical (unpaired) electrons. The molecule has 3 rings (SSSR count). The Labute approximate surface area is 110 Å². The Bertz CT molecular complexity index is 584. The summed E-state index contributed by atoms with van der Waals surface area (Å²) in [6.45, 7) is 1.12. The molecular formula is C14H13N3O2. The van der Waals surface area contributed by atoms with Crippen molar-refractivity contribution in [1.29, 1.82) is 0 Å². The lowest BCUT2D eigenvalue weighted by Gasteiger charge is -2.13. The summed E-state index contributed by atoms with van der Waals surface area (Å²) in [7, 11) is 0. The summed E-state index contributed by atoms with van der Waals surface area (Å²) in [6, 6.07) is 8.79. The molecule has 0 fully saturated rings. The Morgan fingerprint density at radius 1 is 0.947 bits per heavy atom. The number of carbonyl (C=O) groups is 2. The summed E-state index contributed by atoms with van der Waals surface area (Å²) in [5.74, 6) is -0.387. The minimum Gasteiger partial charge on any atom is -0.274 e. The number of hydrogen-bond acceptors (Lipinski definition) is 3. The summed E-state index contributed by atoms with van der Waals surface area (Å²) in [5, 5.41) is 4.09. The summed E-state index contributed by atoms with van der Waals surface area (Å²) in [6.07, 6.45) is 4.28. The molecule has 2 amide bonds. The predicted molar refractivity (Wildman–Crippen MR) is 68.7 cm³/mol. The van der Waals surface area contributed by atoms with Crippen LogP contribution in [0, 0.1) is 0 Å². The summed E-state index contributed by atoms with van der Waals surface area (Å²) < 4.78 is 1.79. The van der Waals surface area contributed by atoms with Crippen molar-refractivity contribution in [3.05, 3.63) is 53.9 Å². The van der Waals surface area contributed by atoms with Crippen LogP contribution in [-0.2, 0) is 6.54 Å². The fraction of sp³-hybridized carbons (Fsp3) is 0.214. The number of benzene rings is 1. The van der Waals surface area contributed by atoms with Crippen LogP contribution in [0.1, 0.15) is 27.1 Å². The van der Waals surface area contributed by atoms with E-state index in [1.165, 1.54) is 4.90 Å². The first-order valence-corrected chi connectivity index (χ1v) is 6.20. The van der Waals surface area contributed by atoms with Gasteiger partial charge in [-0.1, -0.05) is 12.1 Å². The number of rotatable bonds is 4. The van der Waals surface area contributed by atoms with Crippen molar-refractivity contribution in [3.63, 3.8) is 0 Å². The van der Waals surface area contributed by atoms with Crippen molar-refractivity contribution < 1.29 is 9.59 Å². The first kappa shape index (κ1) is 11.6. The summed E-state index contributed by atoms with van der Waals surface area (Å²) in [5.41, 5.74) is 1.01. The Balaban J connectivity index is 1.67. The smallest absolute Gasteiger partial charge is 0.261 e. The van der Waals surface area contributed by atoms with E-state index < -0.39 is 0 Å². The molecular weight excluding hydrogens is 242 g/mol. The van der Waals surface area contributed by atoms with Crippen molar-refractivity contribution in [2.24, 2.45) is 0 Å². The lowest BCUT2D eigenvalue weighted by molar-refractivity contribution is 0.0650. The Hall–Kier alpha value is -2.43. The molecule has 2 heterocycles. The Morgan fingerprint density at radius 3 is 2.21 bits per heavy atom. The maximum Gasteiger partial charge on any atom is 0.261 e. The minimum absolute atomic E-state index is 0.193. The standard InChI is InChI=1S/C14H13N3O2/c18-13-11-5-1-2-6-12(11)14(19)17(13)10-4-9-16-8-3-7-15-16/h1-3,5-8H,4,9-10H2. The van der Waals surface area contributed by atoms with Gasteiger partial charge in [-0.3, -0.25) is 19.2 Å². The van der Waals surface area contributed by atoms with E-state index in [2.05, 4.69) is 5.10 Å². The zero-order chi connectivity index (χ0) is 13.2. The number of carbonyl (C=O) groups excluding carboxylic acids is 2. The van der Waals surface area contributed by atoms with Gasteiger partial charge in [0.1, 0.15) is 0 Å². The molecule has 0 bridgehead atoms. The van der Waals surface area contributed by atoms with Crippen molar-refractivity contribution in [1.82, 2.24) is 14.7 Å². The molecule has 1 aromatic heterocycles. The normalized spacial score (nSPS) is 14.0. The molecule has 1 aromatic carbocycles. The molecule has 0 spiro atoms. The van der Waals surface area contributed by atoms with E-state index in [4.69, 9.17) is 0 Å². The number of fused-ring (bicyclic) bond motifs is 1. The number of aryl methyl sites for hydroxylation is 1. The zero-order valence-corrected chi connectivity index (χ0v) is 10.3. The van der Waals surface area contributed by atoms with Gasteiger partial charge in [-0.05, 0) is 24.6 Å². The molecule has 0 saturated heterocycles. The molecule has 1 aliphatic rings. The quantitative estimate of drug-likeness (QED) is 0.779. The van der Waals surface area contributed by atoms with Gasteiger partial charge in [0, 0.05) is 25.5 Å². The number of imide groups is 1. The average molecular weight is 255 g/mol. The van der Waals surface area contributed by atoms with Gasteiger partial charge in [0.05, 0.1) is 11.1 Å². The molecule has 0 N–H and O–H groups in total. The van der Waals surface area contributed by atoms with Crippen molar-refractivity contribution in [2.75, 3.05) is 6.54 Å². The predicted octanol–water partition coefficient (Wildman–Crippen LogP) is 1.57. The van der Waals surface area contributed by atoms with Gasteiger partial charge < -0.3 is 0 Å². The largest absolute Gasteiger partial charge is 0.274 e. The minimum atomic E-state index is -0.193. The topological polar surface area (TPSA) is 55.2 Å². The third-order valence-electron chi connectivity index (χ3n) is 3.21. The summed E-state index contributed by atoms with van der Waals surface area (Å²) in [4.78, 5) is 25.5. The van der Waals surface area contributed by atoms with Crippen LogP contribution in [0.3, 0.4) is 0 Å². The van der Waals surface area contributed by atoms with Crippen molar-refractivity contribution >= 4 is 11.8 Å². The van der Waals surface area contributed by atoms with E-state index in [-0.39, 0.29) is 11.8 Å². The molecule has 0 aliphatic carbocycles. The lowest BCUT2D eigenvalue weighted by atomic mass is 10.1. The number of amides is 2.